The van der Waals surface area contributed by atoms with Crippen LogP contribution >= 0.6 is 0 Å². The molecule has 0 aliphatic rings. The van der Waals surface area contributed by atoms with Crippen LogP contribution in [0.2, 0.25) is 0 Å². The molecule has 0 bridgehead atoms. The first kappa shape index (κ1) is 19.8. The number of aromatic amines is 1. The zero-order valence-electron chi connectivity index (χ0n) is 17.5. The van der Waals surface area contributed by atoms with Gasteiger partial charge in [0.05, 0.1) is 0 Å². The first-order chi connectivity index (χ1) is 14.5. The first-order valence-corrected chi connectivity index (χ1v) is 10.2. The van der Waals surface area contributed by atoms with Crippen molar-refractivity contribution in [2.45, 2.75) is 40.0 Å². The molecule has 0 radical (unpaired) electrons. The number of nitrogens with zero attached hydrogens (tertiary/aromatic N) is 2. The molecule has 4 aromatic rings. The summed E-state index contributed by atoms with van der Waals surface area (Å²) in [7, 11) is 0. The third-order valence-electron chi connectivity index (χ3n) is 5.50. The zero-order valence-corrected chi connectivity index (χ0v) is 17.5. The molecular weight excluding hydrogens is 374 g/mol. The van der Waals surface area contributed by atoms with Crippen LogP contribution in [0.4, 0.5) is 0 Å². The molecule has 4 rings (SSSR count). The summed E-state index contributed by atoms with van der Waals surface area (Å²) in [5.74, 6) is 0.0109. The predicted molar refractivity (Wildman–Crippen MR) is 119 cm³/mol. The Morgan fingerprint density at radius 3 is 2.47 bits per heavy atom. The van der Waals surface area contributed by atoms with E-state index in [9.17, 15) is 9.59 Å². The van der Waals surface area contributed by atoms with E-state index in [-0.39, 0.29) is 17.8 Å². The highest BCUT2D eigenvalue weighted by molar-refractivity contribution is 5.84. The van der Waals surface area contributed by atoms with Crippen molar-refractivity contribution in [3.8, 4) is 11.1 Å². The molecule has 0 saturated carbocycles. The standard InChI is InChI=1S/C25H25N3O2/c1-4-18-9-8-10-19(13-18)14-21(29)15-22-16(2)26-24-23(20-11-6-5-7-12-20)17(3)27-28(24)25(22)30/h5-13,27H,4,14-15H2,1-3H3. The number of benzene rings is 2. The highest BCUT2D eigenvalue weighted by atomic mass is 16.1. The van der Waals surface area contributed by atoms with Crippen molar-refractivity contribution >= 4 is 11.4 Å². The molecule has 0 spiro atoms. The van der Waals surface area contributed by atoms with Crippen LogP contribution in [-0.4, -0.2) is 20.4 Å². The van der Waals surface area contributed by atoms with Gasteiger partial charge in [-0.05, 0) is 37.0 Å². The third-order valence-corrected chi connectivity index (χ3v) is 5.50. The molecule has 1 N–H and O–H groups in total. The van der Waals surface area contributed by atoms with Crippen molar-refractivity contribution in [3.05, 3.63) is 93.0 Å². The summed E-state index contributed by atoms with van der Waals surface area (Å²) in [6.07, 6.45) is 1.32. The predicted octanol–water partition coefficient (Wildman–Crippen LogP) is 4.22. The topological polar surface area (TPSA) is 67.2 Å². The second-order valence-corrected chi connectivity index (χ2v) is 7.68. The molecule has 2 aromatic heterocycles. The Balaban J connectivity index is 1.69. The number of aryl methyl sites for hydroxylation is 3. The van der Waals surface area contributed by atoms with E-state index in [0.717, 1.165) is 28.8 Å². The Morgan fingerprint density at radius 2 is 1.73 bits per heavy atom. The maximum atomic E-state index is 13.2. The number of rotatable bonds is 6. The van der Waals surface area contributed by atoms with Crippen molar-refractivity contribution in [1.82, 2.24) is 14.6 Å². The number of carbonyl (C=O) groups excluding carboxylic acids is 1. The van der Waals surface area contributed by atoms with E-state index >= 15 is 0 Å². The number of ketones is 1. The largest absolute Gasteiger partial charge is 0.299 e. The summed E-state index contributed by atoms with van der Waals surface area (Å²) in [5, 5.41) is 3.13. The van der Waals surface area contributed by atoms with Crippen molar-refractivity contribution < 1.29 is 4.79 Å². The van der Waals surface area contributed by atoms with Crippen LogP contribution in [0.3, 0.4) is 0 Å². The van der Waals surface area contributed by atoms with Crippen molar-refractivity contribution in [2.24, 2.45) is 0 Å². The van der Waals surface area contributed by atoms with Crippen molar-refractivity contribution in [2.75, 3.05) is 0 Å². The fourth-order valence-electron chi connectivity index (χ4n) is 3.93. The smallest absolute Gasteiger partial charge is 0.276 e. The monoisotopic (exact) mass is 399 g/mol. The van der Waals surface area contributed by atoms with Crippen LogP contribution in [-0.2, 0) is 24.1 Å². The Morgan fingerprint density at radius 1 is 1.00 bits per heavy atom. The molecule has 0 unspecified atom stereocenters. The Bertz CT molecular complexity index is 1280. The number of fused-ring (bicyclic) bond motifs is 1. The third kappa shape index (κ3) is 3.71. The number of Topliss-reactive ketones (excluding diaryl/α,β-unsaturated/α-hetero) is 1. The zero-order chi connectivity index (χ0) is 21.3. The average Bonchev–Trinajstić information content (AvgIpc) is 3.07. The fraction of sp³-hybridized carbons (Fsp3) is 0.240. The fourth-order valence-corrected chi connectivity index (χ4v) is 3.93. The Hall–Kier alpha value is -3.47. The van der Waals surface area contributed by atoms with E-state index in [4.69, 9.17) is 4.98 Å². The van der Waals surface area contributed by atoms with E-state index in [0.29, 0.717) is 23.3 Å². The molecule has 30 heavy (non-hydrogen) atoms. The molecule has 5 nitrogen and oxygen atoms in total. The van der Waals surface area contributed by atoms with Crippen LogP contribution in [0.5, 0.6) is 0 Å². The lowest BCUT2D eigenvalue weighted by Crippen LogP contribution is -2.24. The molecule has 152 valence electrons. The number of hydrogen-bond acceptors (Lipinski definition) is 3. The number of carbonyl (C=O) groups is 1. The lowest BCUT2D eigenvalue weighted by molar-refractivity contribution is -0.117. The van der Waals surface area contributed by atoms with Gasteiger partial charge in [0.25, 0.3) is 5.56 Å². The van der Waals surface area contributed by atoms with Crippen LogP contribution in [0.15, 0.2) is 59.4 Å². The lowest BCUT2D eigenvalue weighted by Gasteiger charge is -2.07. The summed E-state index contributed by atoms with van der Waals surface area (Å²) in [6, 6.07) is 17.9. The highest BCUT2D eigenvalue weighted by Crippen LogP contribution is 2.26. The van der Waals surface area contributed by atoms with Crippen LogP contribution in [0, 0.1) is 13.8 Å². The van der Waals surface area contributed by atoms with E-state index < -0.39 is 0 Å². The second kappa shape index (κ2) is 8.11. The number of aromatic nitrogens is 3. The Kier molecular flexibility index (Phi) is 5.36. The maximum Gasteiger partial charge on any atom is 0.276 e. The Labute approximate surface area is 175 Å². The molecule has 0 aliphatic heterocycles. The number of hydrogen-bond donors (Lipinski definition) is 1. The van der Waals surface area contributed by atoms with E-state index in [1.54, 1.807) is 6.92 Å². The minimum atomic E-state index is -0.210. The first-order valence-electron chi connectivity index (χ1n) is 10.2. The molecule has 0 amide bonds. The van der Waals surface area contributed by atoms with Gasteiger partial charge in [0.2, 0.25) is 0 Å². The SMILES string of the molecule is CCc1cccc(CC(=O)Cc2c(C)nc3c(-c4ccccc4)c(C)[nH]n3c2=O)c1. The minimum Gasteiger partial charge on any atom is -0.299 e. The van der Waals surface area contributed by atoms with E-state index in [1.807, 2.05) is 49.4 Å². The van der Waals surface area contributed by atoms with Gasteiger partial charge in [-0.3, -0.25) is 14.7 Å². The molecule has 2 heterocycles. The summed E-state index contributed by atoms with van der Waals surface area (Å²) in [5.41, 5.74) is 6.39. The second-order valence-electron chi connectivity index (χ2n) is 7.68. The summed E-state index contributed by atoms with van der Waals surface area (Å²) < 4.78 is 1.46. The normalized spacial score (nSPS) is 11.2. The summed E-state index contributed by atoms with van der Waals surface area (Å²) >= 11 is 0. The van der Waals surface area contributed by atoms with Crippen LogP contribution < -0.4 is 5.56 Å². The van der Waals surface area contributed by atoms with Crippen molar-refractivity contribution in [1.29, 1.82) is 0 Å². The van der Waals surface area contributed by atoms with Crippen LogP contribution in [0.25, 0.3) is 16.8 Å². The molecule has 0 aliphatic carbocycles. The van der Waals surface area contributed by atoms with Gasteiger partial charge in [0.15, 0.2) is 5.65 Å². The highest BCUT2D eigenvalue weighted by Gasteiger charge is 2.19. The van der Waals surface area contributed by atoms with Gasteiger partial charge in [-0.25, -0.2) is 9.50 Å². The molecule has 5 heteroatoms. The molecule has 2 aromatic carbocycles. The van der Waals surface area contributed by atoms with Gasteiger partial charge in [0, 0.05) is 35.4 Å². The van der Waals surface area contributed by atoms with Crippen LogP contribution in [0.1, 0.15) is 35.0 Å². The van der Waals surface area contributed by atoms with Gasteiger partial charge in [0.1, 0.15) is 5.78 Å². The number of H-pyrrole nitrogens is 1. The van der Waals surface area contributed by atoms with Gasteiger partial charge in [-0.2, -0.15) is 0 Å². The molecule has 0 saturated heterocycles. The van der Waals surface area contributed by atoms with E-state index in [2.05, 4.69) is 24.2 Å². The minimum absolute atomic E-state index is 0.0109. The van der Waals surface area contributed by atoms with Gasteiger partial charge < -0.3 is 0 Å². The van der Waals surface area contributed by atoms with Gasteiger partial charge >= 0.3 is 0 Å². The number of nitrogens with one attached hydrogen (secondary N) is 1. The maximum absolute atomic E-state index is 13.2. The van der Waals surface area contributed by atoms with Crippen molar-refractivity contribution in [3.63, 3.8) is 0 Å². The molecule has 0 fully saturated rings. The molecular formula is C25H25N3O2. The summed E-state index contributed by atoms with van der Waals surface area (Å²) in [4.78, 5) is 30.6. The van der Waals surface area contributed by atoms with Gasteiger partial charge in [-0.15, -0.1) is 0 Å². The molecule has 0 atom stereocenters. The van der Waals surface area contributed by atoms with E-state index in [1.165, 1.54) is 10.1 Å². The lowest BCUT2D eigenvalue weighted by atomic mass is 10.0. The summed E-state index contributed by atoms with van der Waals surface area (Å²) in [6.45, 7) is 5.82. The quantitative estimate of drug-likeness (QED) is 0.528. The van der Waals surface area contributed by atoms with Gasteiger partial charge in [-0.1, -0.05) is 61.5 Å². The average molecular weight is 399 g/mol.